The van der Waals surface area contributed by atoms with Gasteiger partial charge in [0.15, 0.2) is 5.69 Å². The lowest BCUT2D eigenvalue weighted by atomic mass is 10.1. The van der Waals surface area contributed by atoms with E-state index in [1.165, 1.54) is 5.56 Å². The molecule has 0 aliphatic heterocycles. The second-order valence-corrected chi connectivity index (χ2v) is 7.56. The van der Waals surface area contributed by atoms with E-state index in [1.54, 1.807) is 0 Å². The van der Waals surface area contributed by atoms with E-state index in [0.29, 0.717) is 12.2 Å². The molecular weight excluding hydrogens is 348 g/mol. The molecule has 144 valence electrons. The number of aromatic nitrogens is 2. The molecule has 3 aromatic rings. The Balaban J connectivity index is 1.57. The zero-order valence-corrected chi connectivity index (χ0v) is 16.4. The molecule has 1 amide bonds. The minimum atomic E-state index is -0.236. The number of fused-ring (bicyclic) bond motifs is 1. The van der Waals surface area contributed by atoms with Gasteiger partial charge in [0.25, 0.3) is 5.91 Å². The normalized spacial score (nSPS) is 14.0. The van der Waals surface area contributed by atoms with Crippen LogP contribution in [0.5, 0.6) is 0 Å². The zero-order chi connectivity index (χ0) is 19.7. The highest BCUT2D eigenvalue weighted by atomic mass is 16.2. The number of nitrogens with two attached hydrogens (primary N) is 1. The Bertz CT molecular complexity index is 1010. The largest absolute Gasteiger partial charge is 0.349 e. The number of carbonyl (C=O) groups excluding carboxylic acids is 1. The molecule has 5 heteroatoms. The van der Waals surface area contributed by atoms with Crippen LogP contribution in [0.3, 0.4) is 0 Å². The molecule has 28 heavy (non-hydrogen) atoms. The number of amides is 1. The topological polar surface area (TPSA) is 72.9 Å². The van der Waals surface area contributed by atoms with Gasteiger partial charge in [0, 0.05) is 23.8 Å². The first kappa shape index (κ1) is 18.4. The fourth-order valence-corrected chi connectivity index (χ4v) is 3.97. The number of aryl methyl sites for hydroxylation is 2. The second kappa shape index (κ2) is 7.60. The minimum absolute atomic E-state index is 0.145. The third-order valence-electron chi connectivity index (χ3n) is 5.44. The average molecular weight is 374 g/mol. The summed E-state index contributed by atoms with van der Waals surface area (Å²) in [6, 6.07) is 15.9. The van der Waals surface area contributed by atoms with Crippen molar-refractivity contribution in [3.05, 3.63) is 82.2 Å². The number of hydrogen-bond donors (Lipinski definition) is 2. The highest BCUT2D eigenvalue weighted by Crippen LogP contribution is 2.29. The Morgan fingerprint density at radius 2 is 1.96 bits per heavy atom. The Kier molecular flexibility index (Phi) is 5.01. The van der Waals surface area contributed by atoms with Gasteiger partial charge in [-0.2, -0.15) is 5.10 Å². The van der Waals surface area contributed by atoms with E-state index >= 15 is 0 Å². The Morgan fingerprint density at radius 3 is 2.71 bits per heavy atom. The minimum Gasteiger partial charge on any atom is -0.349 e. The van der Waals surface area contributed by atoms with Crippen molar-refractivity contribution in [2.75, 3.05) is 6.54 Å². The van der Waals surface area contributed by atoms with Gasteiger partial charge in [-0.25, -0.2) is 4.68 Å². The number of benzene rings is 2. The predicted molar refractivity (Wildman–Crippen MR) is 111 cm³/mol. The van der Waals surface area contributed by atoms with Crippen LogP contribution in [0, 0.1) is 13.8 Å². The summed E-state index contributed by atoms with van der Waals surface area (Å²) in [7, 11) is 0. The summed E-state index contributed by atoms with van der Waals surface area (Å²) in [5.41, 5.74) is 13.4. The molecule has 1 atom stereocenters. The Morgan fingerprint density at radius 1 is 1.18 bits per heavy atom. The van der Waals surface area contributed by atoms with Crippen LogP contribution < -0.4 is 11.1 Å². The number of hydrogen-bond acceptors (Lipinski definition) is 3. The van der Waals surface area contributed by atoms with Gasteiger partial charge in [-0.3, -0.25) is 4.79 Å². The molecule has 0 bridgehead atoms. The highest BCUT2D eigenvalue weighted by molar-refractivity contribution is 5.94. The van der Waals surface area contributed by atoms with Crippen molar-refractivity contribution < 1.29 is 4.79 Å². The van der Waals surface area contributed by atoms with Gasteiger partial charge < -0.3 is 11.1 Å². The van der Waals surface area contributed by atoms with Crippen molar-refractivity contribution >= 4 is 5.91 Å². The van der Waals surface area contributed by atoms with Crippen molar-refractivity contribution in [1.29, 1.82) is 0 Å². The van der Waals surface area contributed by atoms with Gasteiger partial charge in [-0.05, 0) is 50.3 Å². The Labute approximate surface area is 165 Å². The number of nitrogens with zero attached hydrogens (tertiary/aromatic N) is 2. The standard InChI is InChI=1S/C23H26N4O/c1-15-11-12-20(16(2)13-15)27-21-10-6-9-18(21)22(26-27)23(28)25-14-19(24)17-7-4-3-5-8-17/h3-5,7-8,11-13,19H,6,9-10,14,24H2,1-2H3,(H,25,28). The van der Waals surface area contributed by atoms with Crippen LogP contribution in [-0.2, 0) is 12.8 Å². The maximum Gasteiger partial charge on any atom is 0.272 e. The lowest BCUT2D eigenvalue weighted by Crippen LogP contribution is -2.32. The van der Waals surface area contributed by atoms with E-state index in [2.05, 4.69) is 37.4 Å². The van der Waals surface area contributed by atoms with Crippen molar-refractivity contribution in [3.8, 4) is 5.69 Å². The summed E-state index contributed by atoms with van der Waals surface area (Å²) < 4.78 is 1.96. The number of nitrogens with one attached hydrogen (secondary N) is 1. The monoisotopic (exact) mass is 374 g/mol. The molecule has 3 N–H and O–H groups in total. The first-order valence-electron chi connectivity index (χ1n) is 9.81. The van der Waals surface area contributed by atoms with E-state index in [-0.39, 0.29) is 11.9 Å². The van der Waals surface area contributed by atoms with Crippen molar-refractivity contribution in [1.82, 2.24) is 15.1 Å². The van der Waals surface area contributed by atoms with Crippen LogP contribution in [0.15, 0.2) is 48.5 Å². The fourth-order valence-electron chi connectivity index (χ4n) is 3.97. The van der Waals surface area contributed by atoms with Crippen molar-refractivity contribution in [2.45, 2.75) is 39.2 Å². The van der Waals surface area contributed by atoms with Crippen LogP contribution in [0.2, 0.25) is 0 Å². The molecule has 1 aliphatic carbocycles. The third kappa shape index (κ3) is 3.45. The van der Waals surface area contributed by atoms with Gasteiger partial charge in [0.2, 0.25) is 0 Å². The molecule has 0 spiro atoms. The molecule has 1 heterocycles. The van der Waals surface area contributed by atoms with E-state index in [0.717, 1.165) is 47.3 Å². The smallest absolute Gasteiger partial charge is 0.272 e. The quantitative estimate of drug-likeness (QED) is 0.719. The Hall–Kier alpha value is -2.92. The first-order chi connectivity index (χ1) is 13.5. The van der Waals surface area contributed by atoms with Gasteiger partial charge in [0.05, 0.1) is 5.69 Å². The lowest BCUT2D eigenvalue weighted by molar-refractivity contribution is 0.0945. The summed E-state index contributed by atoms with van der Waals surface area (Å²) in [5.74, 6) is -0.145. The van der Waals surface area contributed by atoms with Gasteiger partial charge in [-0.1, -0.05) is 48.0 Å². The molecule has 0 saturated heterocycles. The molecule has 0 saturated carbocycles. The van der Waals surface area contributed by atoms with Gasteiger partial charge in [0.1, 0.15) is 0 Å². The maximum absolute atomic E-state index is 12.9. The second-order valence-electron chi connectivity index (χ2n) is 7.56. The summed E-state index contributed by atoms with van der Waals surface area (Å²) in [5, 5.41) is 7.68. The third-order valence-corrected chi connectivity index (χ3v) is 5.44. The van der Waals surface area contributed by atoms with E-state index in [4.69, 9.17) is 10.8 Å². The van der Waals surface area contributed by atoms with E-state index in [1.807, 2.05) is 35.0 Å². The number of rotatable bonds is 5. The molecule has 0 fully saturated rings. The lowest BCUT2D eigenvalue weighted by Gasteiger charge is -2.13. The van der Waals surface area contributed by atoms with E-state index < -0.39 is 0 Å². The van der Waals surface area contributed by atoms with Crippen LogP contribution in [0.4, 0.5) is 0 Å². The molecular formula is C23H26N4O. The van der Waals surface area contributed by atoms with Crippen LogP contribution >= 0.6 is 0 Å². The molecule has 1 unspecified atom stereocenters. The van der Waals surface area contributed by atoms with Crippen molar-refractivity contribution in [2.24, 2.45) is 5.73 Å². The van der Waals surface area contributed by atoms with Crippen molar-refractivity contribution in [3.63, 3.8) is 0 Å². The molecule has 4 rings (SSSR count). The maximum atomic E-state index is 12.9. The average Bonchev–Trinajstić information content (AvgIpc) is 3.30. The highest BCUT2D eigenvalue weighted by Gasteiger charge is 2.27. The zero-order valence-electron chi connectivity index (χ0n) is 16.4. The molecule has 1 aliphatic rings. The molecule has 0 radical (unpaired) electrons. The summed E-state index contributed by atoms with van der Waals surface area (Å²) in [6.07, 6.45) is 2.90. The molecule has 2 aromatic carbocycles. The SMILES string of the molecule is Cc1ccc(-n2nc(C(=O)NCC(N)c3ccccc3)c3c2CCC3)c(C)c1. The summed E-state index contributed by atoms with van der Waals surface area (Å²) in [4.78, 5) is 12.9. The van der Waals surface area contributed by atoms with Crippen LogP contribution in [0.1, 0.15) is 50.9 Å². The predicted octanol–water partition coefficient (Wildman–Crippen LogP) is 3.41. The van der Waals surface area contributed by atoms with Crippen LogP contribution in [-0.4, -0.2) is 22.2 Å². The van der Waals surface area contributed by atoms with E-state index in [9.17, 15) is 4.79 Å². The summed E-state index contributed by atoms with van der Waals surface area (Å²) in [6.45, 7) is 4.55. The molecule has 1 aromatic heterocycles. The fraction of sp³-hybridized carbons (Fsp3) is 0.304. The van der Waals surface area contributed by atoms with Gasteiger partial charge >= 0.3 is 0 Å². The van der Waals surface area contributed by atoms with Gasteiger partial charge in [-0.15, -0.1) is 0 Å². The number of carbonyl (C=O) groups is 1. The molecule has 5 nitrogen and oxygen atoms in total. The first-order valence-corrected chi connectivity index (χ1v) is 9.81. The van der Waals surface area contributed by atoms with Crippen LogP contribution in [0.25, 0.3) is 5.69 Å². The summed E-state index contributed by atoms with van der Waals surface area (Å²) >= 11 is 0.